The van der Waals surface area contributed by atoms with E-state index in [0.29, 0.717) is 24.5 Å². The van der Waals surface area contributed by atoms with Gasteiger partial charge in [0.1, 0.15) is 11.6 Å². The molecule has 0 saturated carbocycles. The van der Waals surface area contributed by atoms with Crippen molar-refractivity contribution in [3.8, 4) is 11.4 Å². The van der Waals surface area contributed by atoms with E-state index in [9.17, 15) is 9.18 Å². The lowest BCUT2D eigenvalue weighted by Crippen LogP contribution is -2.37. The van der Waals surface area contributed by atoms with Gasteiger partial charge in [0, 0.05) is 25.9 Å². The predicted molar refractivity (Wildman–Crippen MR) is 110 cm³/mol. The van der Waals surface area contributed by atoms with Crippen molar-refractivity contribution in [3.05, 3.63) is 77.9 Å². The third-order valence-electron chi connectivity index (χ3n) is 5.12. The van der Waals surface area contributed by atoms with E-state index in [4.69, 9.17) is 9.47 Å². The number of rotatable bonds is 7. The van der Waals surface area contributed by atoms with Crippen molar-refractivity contribution in [1.82, 2.24) is 14.7 Å². The van der Waals surface area contributed by atoms with Gasteiger partial charge in [-0.3, -0.25) is 4.79 Å². The second-order valence-corrected chi connectivity index (χ2v) is 7.30. The maximum atomic E-state index is 13.5. The van der Waals surface area contributed by atoms with Crippen molar-refractivity contribution < 1.29 is 18.7 Å². The fourth-order valence-electron chi connectivity index (χ4n) is 3.61. The van der Waals surface area contributed by atoms with Crippen LogP contribution in [0.3, 0.4) is 0 Å². The molecule has 1 unspecified atom stereocenters. The minimum Gasteiger partial charge on any atom is -0.497 e. The SMILES string of the molecule is COc1cccc(CN(CC2CCCO2)C(=O)c2ccn(-c3cccc(F)c3)n2)c1. The largest absolute Gasteiger partial charge is 0.497 e. The highest BCUT2D eigenvalue weighted by molar-refractivity contribution is 5.92. The molecule has 1 atom stereocenters. The fraction of sp³-hybridized carbons (Fsp3) is 0.304. The average molecular weight is 409 g/mol. The molecule has 1 aliphatic heterocycles. The van der Waals surface area contributed by atoms with Crippen molar-refractivity contribution in [2.24, 2.45) is 0 Å². The lowest BCUT2D eigenvalue weighted by atomic mass is 10.1. The summed E-state index contributed by atoms with van der Waals surface area (Å²) in [5.74, 6) is 0.199. The molecule has 3 aromatic rings. The fourth-order valence-corrected chi connectivity index (χ4v) is 3.61. The molecular formula is C23H24FN3O3. The molecule has 2 aromatic carbocycles. The number of ether oxygens (including phenoxy) is 2. The Balaban J connectivity index is 1.57. The highest BCUT2D eigenvalue weighted by Gasteiger charge is 2.25. The Bertz CT molecular complexity index is 1010. The van der Waals surface area contributed by atoms with Gasteiger partial charge >= 0.3 is 0 Å². The molecule has 30 heavy (non-hydrogen) atoms. The number of amides is 1. The van der Waals surface area contributed by atoms with Crippen LogP contribution in [0.1, 0.15) is 28.9 Å². The maximum Gasteiger partial charge on any atom is 0.274 e. The minimum absolute atomic E-state index is 0.0184. The van der Waals surface area contributed by atoms with E-state index in [1.807, 2.05) is 24.3 Å². The predicted octanol–water partition coefficient (Wildman–Crippen LogP) is 3.84. The molecule has 1 saturated heterocycles. The van der Waals surface area contributed by atoms with Gasteiger partial charge in [0.05, 0.1) is 18.9 Å². The Morgan fingerprint density at radius 1 is 1.27 bits per heavy atom. The molecule has 1 aromatic heterocycles. The first-order valence-corrected chi connectivity index (χ1v) is 9.98. The molecule has 156 valence electrons. The van der Waals surface area contributed by atoms with Crippen LogP contribution in [0.5, 0.6) is 5.75 Å². The highest BCUT2D eigenvalue weighted by Crippen LogP contribution is 2.20. The van der Waals surface area contributed by atoms with Crippen LogP contribution in [0.4, 0.5) is 4.39 Å². The molecule has 0 N–H and O–H groups in total. The number of aromatic nitrogens is 2. The summed E-state index contributed by atoms with van der Waals surface area (Å²) in [6.45, 7) is 1.63. The van der Waals surface area contributed by atoms with E-state index in [1.54, 1.807) is 36.4 Å². The van der Waals surface area contributed by atoms with Crippen LogP contribution in [0.25, 0.3) is 5.69 Å². The summed E-state index contributed by atoms with van der Waals surface area (Å²) in [5, 5.41) is 4.39. The zero-order chi connectivity index (χ0) is 20.9. The van der Waals surface area contributed by atoms with Crippen molar-refractivity contribution in [1.29, 1.82) is 0 Å². The molecule has 0 spiro atoms. The van der Waals surface area contributed by atoms with Crippen molar-refractivity contribution >= 4 is 5.91 Å². The third kappa shape index (κ3) is 4.68. The van der Waals surface area contributed by atoms with Crippen LogP contribution in [0, 0.1) is 5.82 Å². The van der Waals surface area contributed by atoms with Gasteiger partial charge in [-0.1, -0.05) is 18.2 Å². The van der Waals surface area contributed by atoms with Gasteiger partial charge in [0.25, 0.3) is 5.91 Å². The van der Waals surface area contributed by atoms with E-state index < -0.39 is 0 Å². The molecule has 0 bridgehead atoms. The number of hydrogen-bond donors (Lipinski definition) is 0. The number of methoxy groups -OCH3 is 1. The van der Waals surface area contributed by atoms with E-state index >= 15 is 0 Å². The van der Waals surface area contributed by atoms with Gasteiger partial charge in [0.2, 0.25) is 0 Å². The molecule has 0 radical (unpaired) electrons. The Morgan fingerprint density at radius 3 is 2.90 bits per heavy atom. The lowest BCUT2D eigenvalue weighted by molar-refractivity contribution is 0.0502. The normalized spacial score (nSPS) is 15.9. The zero-order valence-electron chi connectivity index (χ0n) is 16.8. The van der Waals surface area contributed by atoms with Gasteiger partial charge in [-0.2, -0.15) is 5.10 Å². The Kier molecular flexibility index (Phi) is 6.09. The average Bonchev–Trinajstić information content (AvgIpc) is 3.45. The van der Waals surface area contributed by atoms with Crippen molar-refractivity contribution in [3.63, 3.8) is 0 Å². The topological polar surface area (TPSA) is 56.6 Å². The van der Waals surface area contributed by atoms with Crippen LogP contribution in [-0.4, -0.2) is 47.0 Å². The Labute approximate surface area is 174 Å². The first-order valence-electron chi connectivity index (χ1n) is 9.98. The summed E-state index contributed by atoms with van der Waals surface area (Å²) in [7, 11) is 1.62. The molecule has 4 rings (SSSR count). The molecule has 1 fully saturated rings. The van der Waals surface area contributed by atoms with Crippen LogP contribution in [0.15, 0.2) is 60.8 Å². The monoisotopic (exact) mass is 409 g/mol. The van der Waals surface area contributed by atoms with Crippen molar-refractivity contribution in [2.45, 2.75) is 25.5 Å². The molecule has 0 aliphatic carbocycles. The minimum atomic E-state index is -0.353. The number of halogens is 1. The number of nitrogens with zero attached hydrogens (tertiary/aromatic N) is 3. The number of carbonyl (C=O) groups is 1. The van der Waals surface area contributed by atoms with Crippen LogP contribution in [-0.2, 0) is 11.3 Å². The number of hydrogen-bond acceptors (Lipinski definition) is 4. The lowest BCUT2D eigenvalue weighted by Gasteiger charge is -2.25. The van der Waals surface area contributed by atoms with E-state index in [-0.39, 0.29) is 17.8 Å². The van der Waals surface area contributed by atoms with Gasteiger partial charge in [-0.25, -0.2) is 9.07 Å². The smallest absolute Gasteiger partial charge is 0.274 e. The van der Waals surface area contributed by atoms with Gasteiger partial charge < -0.3 is 14.4 Å². The molecule has 2 heterocycles. The van der Waals surface area contributed by atoms with E-state index in [0.717, 1.165) is 30.8 Å². The summed E-state index contributed by atoms with van der Waals surface area (Å²) in [4.78, 5) is 15.0. The quantitative estimate of drug-likeness (QED) is 0.595. The first kappa shape index (κ1) is 20.1. The molecule has 6 nitrogen and oxygen atoms in total. The van der Waals surface area contributed by atoms with Crippen LogP contribution < -0.4 is 4.74 Å². The second kappa shape index (κ2) is 9.09. The highest BCUT2D eigenvalue weighted by atomic mass is 19.1. The van der Waals surface area contributed by atoms with Crippen LogP contribution in [0.2, 0.25) is 0 Å². The number of carbonyl (C=O) groups excluding carboxylic acids is 1. The summed E-state index contributed by atoms with van der Waals surface area (Å²) in [5.41, 5.74) is 1.83. The van der Waals surface area contributed by atoms with E-state index in [2.05, 4.69) is 5.10 Å². The van der Waals surface area contributed by atoms with Crippen LogP contribution >= 0.6 is 0 Å². The maximum absolute atomic E-state index is 13.5. The zero-order valence-corrected chi connectivity index (χ0v) is 16.8. The summed E-state index contributed by atoms with van der Waals surface area (Å²) in [6.07, 6.45) is 3.61. The summed E-state index contributed by atoms with van der Waals surface area (Å²) in [6, 6.07) is 15.4. The standard InChI is InChI=1S/C23H24FN3O3/c1-29-20-8-2-5-17(13-20)15-26(16-21-9-4-12-30-21)23(28)22-10-11-27(25-22)19-7-3-6-18(24)14-19/h2-3,5-8,10-11,13-14,21H,4,9,12,15-16H2,1H3. The summed E-state index contributed by atoms with van der Waals surface area (Å²) >= 11 is 0. The Hall–Kier alpha value is -3.19. The van der Waals surface area contributed by atoms with Gasteiger partial charge in [-0.15, -0.1) is 0 Å². The van der Waals surface area contributed by atoms with Gasteiger partial charge in [-0.05, 0) is 54.8 Å². The first-order chi connectivity index (χ1) is 14.6. The molecule has 1 amide bonds. The second-order valence-electron chi connectivity index (χ2n) is 7.30. The Morgan fingerprint density at radius 2 is 2.13 bits per heavy atom. The molecule has 7 heteroatoms. The molecular weight excluding hydrogens is 385 g/mol. The molecule has 1 aliphatic rings. The number of benzene rings is 2. The van der Waals surface area contributed by atoms with E-state index in [1.165, 1.54) is 16.8 Å². The third-order valence-corrected chi connectivity index (χ3v) is 5.12. The van der Waals surface area contributed by atoms with Crippen molar-refractivity contribution in [2.75, 3.05) is 20.3 Å². The summed E-state index contributed by atoms with van der Waals surface area (Å²) < 4.78 is 26.1. The van der Waals surface area contributed by atoms with Gasteiger partial charge in [0.15, 0.2) is 5.69 Å².